The quantitative estimate of drug-likeness (QED) is 0.0382. The van der Waals surface area contributed by atoms with Crippen LogP contribution in [0.1, 0.15) is 23.1 Å². The minimum atomic E-state index is -0.572. The number of ether oxygens (including phenoxy) is 8. The topological polar surface area (TPSA) is 128 Å². The summed E-state index contributed by atoms with van der Waals surface area (Å²) in [6, 6.07) is 85.3. The first-order valence-corrected chi connectivity index (χ1v) is 34.5. The van der Waals surface area contributed by atoms with Gasteiger partial charge < -0.3 is 56.2 Å². The van der Waals surface area contributed by atoms with Crippen molar-refractivity contribution in [2.45, 2.75) is 52.4 Å². The summed E-state index contributed by atoms with van der Waals surface area (Å²) in [7, 11) is 1.33. The summed E-state index contributed by atoms with van der Waals surface area (Å²) < 4.78 is 60.9. The molecule has 17 rings (SSSR count). The number of methoxy groups -OCH3 is 1. The third kappa shape index (κ3) is 12.3. The van der Waals surface area contributed by atoms with Crippen LogP contribution in [0.15, 0.2) is 272 Å². The molecule has 0 N–H and O–H groups in total. The zero-order valence-electron chi connectivity index (χ0n) is 55.8. The van der Waals surface area contributed by atoms with Crippen LogP contribution in [0.3, 0.4) is 0 Å². The Balaban J connectivity index is 0.663. The van der Waals surface area contributed by atoms with Crippen LogP contribution in [0.25, 0.3) is 87.2 Å². The van der Waals surface area contributed by atoms with Gasteiger partial charge in [-0.15, -0.1) is 0 Å². The first-order chi connectivity index (χ1) is 49.8. The molecule has 2 aliphatic rings. The van der Waals surface area contributed by atoms with Crippen LogP contribution in [-0.2, 0) is 65.1 Å². The van der Waals surface area contributed by atoms with Crippen molar-refractivity contribution in [1.29, 1.82) is 0 Å². The molecule has 0 saturated carbocycles. The SMILES string of the molecule is COC(=O)C1=C(C(=O)OCc2cc(OCc3cc(OCCn4c5ccccc5c5ccccc54)cc(OCCn4c5ccccc5c5ccccc54)c3)cc(OCc3cc(OCCn4c5ccccc5c5ccccc54)cc(OCCn4c5ccccc5c5ccccc54)c3)c2)C2C=CC1C2. The van der Waals surface area contributed by atoms with E-state index in [0.717, 1.165) is 55.3 Å². The van der Waals surface area contributed by atoms with E-state index in [2.05, 4.69) is 212 Å². The number of nitrogens with zero attached hydrogens (tertiary/aromatic N) is 4. The van der Waals surface area contributed by atoms with Crippen LogP contribution < -0.4 is 28.4 Å². The van der Waals surface area contributed by atoms with Crippen molar-refractivity contribution in [3.63, 3.8) is 0 Å². The van der Waals surface area contributed by atoms with Crippen LogP contribution in [0, 0.1) is 11.8 Å². The predicted octanol–water partition coefficient (Wildman–Crippen LogP) is 18.3. The zero-order valence-corrected chi connectivity index (χ0v) is 55.8. The predicted molar refractivity (Wildman–Crippen MR) is 397 cm³/mol. The van der Waals surface area contributed by atoms with E-state index >= 15 is 0 Å². The Morgan fingerprint density at radius 3 is 0.812 bits per heavy atom. The van der Waals surface area contributed by atoms with E-state index in [9.17, 15) is 9.59 Å². The molecular weight excluding hydrogens is 1260 g/mol. The van der Waals surface area contributed by atoms with Gasteiger partial charge in [0.15, 0.2) is 0 Å². The fourth-order valence-corrected chi connectivity index (χ4v) is 15.4. The van der Waals surface area contributed by atoms with Crippen molar-refractivity contribution < 1.29 is 47.5 Å². The highest BCUT2D eigenvalue weighted by Gasteiger charge is 2.43. The highest BCUT2D eigenvalue weighted by Crippen LogP contribution is 2.45. The molecule has 14 heteroatoms. The van der Waals surface area contributed by atoms with Gasteiger partial charge in [-0.25, -0.2) is 9.59 Å². The molecule has 2 unspecified atom stereocenters. The third-order valence-electron chi connectivity index (χ3n) is 19.8. The lowest BCUT2D eigenvalue weighted by molar-refractivity contribution is -0.142. The number of carbonyl (C=O) groups is 2. The second-order valence-corrected chi connectivity index (χ2v) is 25.9. The van der Waals surface area contributed by atoms with E-state index in [1.807, 2.05) is 66.7 Å². The molecular formula is C87H72N4O10. The number of benzene rings is 11. The van der Waals surface area contributed by atoms with Gasteiger partial charge in [0.1, 0.15) is 80.7 Å². The molecule has 0 fully saturated rings. The van der Waals surface area contributed by atoms with Gasteiger partial charge in [0.05, 0.1) is 44.4 Å². The summed E-state index contributed by atoms with van der Waals surface area (Å²) in [5.74, 6) is 1.93. The first-order valence-electron chi connectivity index (χ1n) is 34.5. The summed E-state index contributed by atoms with van der Waals surface area (Å²) in [5, 5.41) is 9.58. The second-order valence-electron chi connectivity index (χ2n) is 25.9. The fourth-order valence-electron chi connectivity index (χ4n) is 15.4. The molecule has 2 aliphatic carbocycles. The molecule has 4 aromatic heterocycles. The van der Waals surface area contributed by atoms with Gasteiger partial charge in [-0.1, -0.05) is 158 Å². The molecule has 0 saturated heterocycles. The summed E-state index contributed by atoms with van der Waals surface area (Å²) in [5.41, 5.74) is 12.1. The standard InChI is InChI=1S/C87H72N4O10/c1-94-86(92)84-60-34-35-61(50-60)85(84)87(93)101-56-59-48-66(99-54-57-44-62(95-40-36-88-76-26-10-2-18-68(76)69-19-3-11-27-77(69)88)51-63(45-57)96-41-37-89-78-28-12-4-20-70(78)71-21-5-13-29-79(71)89)53-67(49-59)100-55-58-46-64(97-42-38-90-80-30-14-6-22-72(80)73-23-7-15-31-81(73)90)52-65(47-58)98-43-39-91-82-32-16-8-24-74(82)75-25-9-17-33-83(75)91/h2-35,44-49,51-53,60-61H,36-43,50,54-56H2,1H3. The summed E-state index contributed by atoms with van der Waals surface area (Å²) in [4.78, 5) is 27.3. The van der Waals surface area contributed by atoms with Crippen LogP contribution in [0.4, 0.5) is 0 Å². The van der Waals surface area contributed by atoms with Crippen LogP contribution in [0.5, 0.6) is 34.5 Å². The minimum absolute atomic E-state index is 0.115. The zero-order chi connectivity index (χ0) is 67.8. The number of esters is 2. The Morgan fingerprint density at radius 2 is 0.545 bits per heavy atom. The number of hydrogen-bond donors (Lipinski definition) is 0. The molecule has 0 aliphatic heterocycles. The van der Waals surface area contributed by atoms with Crippen molar-refractivity contribution in [3.05, 3.63) is 289 Å². The van der Waals surface area contributed by atoms with Gasteiger partial charge in [-0.3, -0.25) is 0 Å². The average Bonchev–Trinajstić information content (AvgIpc) is 1.64. The van der Waals surface area contributed by atoms with E-state index in [1.54, 1.807) is 0 Å². The number of para-hydroxylation sites is 8. The van der Waals surface area contributed by atoms with E-state index in [1.165, 1.54) is 50.2 Å². The molecule has 101 heavy (non-hydrogen) atoms. The maximum absolute atomic E-state index is 14.2. The third-order valence-corrected chi connectivity index (χ3v) is 19.8. The Morgan fingerprint density at radius 1 is 0.307 bits per heavy atom. The van der Waals surface area contributed by atoms with Crippen molar-refractivity contribution in [3.8, 4) is 34.5 Å². The normalized spacial score (nSPS) is 14.2. The second kappa shape index (κ2) is 27.3. The Hall–Kier alpha value is -12.2. The molecule has 0 radical (unpaired) electrons. The summed E-state index contributed by atoms with van der Waals surface area (Å²) >= 11 is 0. The van der Waals surface area contributed by atoms with Gasteiger partial charge in [0, 0.05) is 117 Å². The van der Waals surface area contributed by atoms with E-state index in [-0.39, 0.29) is 31.7 Å². The van der Waals surface area contributed by atoms with Gasteiger partial charge in [0.2, 0.25) is 0 Å². The van der Waals surface area contributed by atoms with Gasteiger partial charge in [-0.05, 0) is 108 Å². The van der Waals surface area contributed by atoms with Crippen molar-refractivity contribution in [2.75, 3.05) is 33.5 Å². The Labute approximate surface area is 582 Å². The number of aromatic nitrogens is 4. The average molecular weight is 1330 g/mol. The lowest BCUT2D eigenvalue weighted by atomic mass is 9.97. The lowest BCUT2D eigenvalue weighted by Gasteiger charge is -2.17. The van der Waals surface area contributed by atoms with E-state index in [4.69, 9.17) is 37.9 Å². The largest absolute Gasteiger partial charge is 0.492 e. The minimum Gasteiger partial charge on any atom is -0.492 e. The number of carbonyl (C=O) groups excluding carboxylic acids is 2. The van der Waals surface area contributed by atoms with Gasteiger partial charge in [-0.2, -0.15) is 0 Å². The van der Waals surface area contributed by atoms with Gasteiger partial charge in [0.25, 0.3) is 0 Å². The maximum atomic E-state index is 14.2. The maximum Gasteiger partial charge on any atom is 0.335 e. The smallest absolute Gasteiger partial charge is 0.335 e. The molecule has 500 valence electrons. The monoisotopic (exact) mass is 1330 g/mol. The number of fused-ring (bicyclic) bond motifs is 14. The first kappa shape index (κ1) is 62.4. The van der Waals surface area contributed by atoms with Crippen molar-refractivity contribution in [1.82, 2.24) is 18.3 Å². The fraction of sp³-hybridized carbons (Fsp3) is 0.172. The Kier molecular flexibility index (Phi) is 16.8. The molecule has 14 nitrogen and oxygen atoms in total. The van der Waals surface area contributed by atoms with Crippen molar-refractivity contribution >= 4 is 99.2 Å². The van der Waals surface area contributed by atoms with Crippen molar-refractivity contribution in [2.24, 2.45) is 11.8 Å². The lowest BCUT2D eigenvalue weighted by Crippen LogP contribution is -2.18. The summed E-state index contributed by atoms with van der Waals surface area (Å²) in [6.07, 6.45) is 4.56. The number of rotatable bonds is 26. The number of hydrogen-bond acceptors (Lipinski definition) is 10. The molecule has 4 heterocycles. The van der Waals surface area contributed by atoms with Gasteiger partial charge >= 0.3 is 11.9 Å². The van der Waals surface area contributed by atoms with Crippen LogP contribution in [-0.4, -0.2) is 63.7 Å². The highest BCUT2D eigenvalue weighted by atomic mass is 16.5. The van der Waals surface area contributed by atoms with E-state index < -0.39 is 11.9 Å². The molecule has 15 aromatic rings. The van der Waals surface area contributed by atoms with Crippen LogP contribution >= 0.6 is 0 Å². The summed E-state index contributed by atoms with van der Waals surface area (Å²) in [6.45, 7) is 4.08. The van der Waals surface area contributed by atoms with E-state index in [0.29, 0.717) is 110 Å². The molecule has 0 spiro atoms. The highest BCUT2D eigenvalue weighted by molar-refractivity contribution is 6.11. The molecule has 11 aromatic carbocycles. The van der Waals surface area contributed by atoms with Crippen LogP contribution in [0.2, 0.25) is 0 Å². The molecule has 2 atom stereocenters. The number of allylic oxidation sites excluding steroid dienone is 2. The Bertz CT molecular complexity index is 4950. The molecule has 2 bridgehead atoms. The molecule has 0 amide bonds.